The van der Waals surface area contributed by atoms with Crippen LogP contribution in [0.15, 0.2) is 0 Å². The van der Waals surface area contributed by atoms with Crippen LogP contribution in [-0.4, -0.2) is 0 Å². The van der Waals surface area contributed by atoms with Gasteiger partial charge in [-0.25, -0.2) is 0 Å². The molecule has 0 fully saturated rings. The van der Waals surface area contributed by atoms with Gasteiger partial charge in [0.25, 0.3) is 42.1 Å². The van der Waals surface area contributed by atoms with E-state index in [2.05, 4.69) is 0 Å². The first-order chi connectivity index (χ1) is 3.46. The Balaban J connectivity index is -0.0000000720. The molecule has 60 valence electrons. The first kappa shape index (κ1) is 17.0. The number of hydrogen-bond donors (Lipinski definition) is 0. The van der Waals surface area contributed by atoms with E-state index >= 15 is 0 Å². The van der Waals surface area contributed by atoms with Crippen molar-refractivity contribution in [1.82, 2.24) is 0 Å². The van der Waals surface area contributed by atoms with E-state index in [4.69, 9.17) is 20.6 Å². The van der Waals surface area contributed by atoms with Gasteiger partial charge in [-0.05, 0) is 0 Å². The van der Waals surface area contributed by atoms with Gasteiger partial charge in [0, 0.05) is 0 Å². The molecule has 0 heterocycles. The molecule has 0 saturated carbocycles. The molecule has 0 saturated heterocycles. The largest absolute Gasteiger partial charge is 2.00 e. The van der Waals surface area contributed by atoms with Crippen LogP contribution in [0.2, 0.25) is 0 Å². The van der Waals surface area contributed by atoms with Crippen molar-refractivity contribution in [3.05, 3.63) is 0 Å². The predicted octanol–water partition coefficient (Wildman–Crippen LogP) is -13.1. The molecule has 0 aromatic carbocycles. The SMILES string of the molecule is [Ni+2].[O-][I+2]([O-])[O-].[O-][I+2]([O-])[O-]. The Bertz CT molecular complexity index is 26.5. The van der Waals surface area contributed by atoms with Crippen molar-refractivity contribution in [1.29, 1.82) is 0 Å². The van der Waals surface area contributed by atoms with Crippen LogP contribution in [0.5, 0.6) is 0 Å². The van der Waals surface area contributed by atoms with Crippen LogP contribution in [0.25, 0.3) is 0 Å². The average Bonchev–Trinajstić information content (AvgIpc) is 1.25. The van der Waals surface area contributed by atoms with Crippen molar-refractivity contribution in [2.75, 3.05) is 0 Å². The quantitative estimate of drug-likeness (QED) is 0.288. The molecule has 0 N–H and O–H groups in total. The average molecular weight is 408 g/mol. The second-order valence-electron chi connectivity index (χ2n) is 0.378. The molecule has 0 atom stereocenters. The Labute approximate surface area is 78.5 Å². The van der Waals surface area contributed by atoms with Gasteiger partial charge in [-0.3, -0.25) is 0 Å². The van der Waals surface area contributed by atoms with Crippen molar-refractivity contribution < 1.29 is 79.2 Å². The van der Waals surface area contributed by atoms with Gasteiger partial charge in [0.05, 0.1) is 0 Å². The topological polar surface area (TPSA) is 138 Å². The Morgan fingerprint density at radius 1 is 0.556 bits per heavy atom. The zero-order valence-corrected chi connectivity index (χ0v) is 8.82. The van der Waals surface area contributed by atoms with Crippen molar-refractivity contribution in [3.8, 4) is 0 Å². The van der Waals surface area contributed by atoms with Crippen LogP contribution in [0.3, 0.4) is 0 Å². The van der Waals surface area contributed by atoms with Gasteiger partial charge >= 0.3 is 16.5 Å². The van der Waals surface area contributed by atoms with Crippen LogP contribution in [-0.2, 0) is 16.5 Å². The van der Waals surface area contributed by atoms with Gasteiger partial charge in [-0.2, -0.15) is 0 Å². The number of halogens is 2. The van der Waals surface area contributed by atoms with E-state index in [-0.39, 0.29) is 16.5 Å². The van der Waals surface area contributed by atoms with E-state index in [1.54, 1.807) is 0 Å². The molecule has 0 aromatic heterocycles. The summed E-state index contributed by atoms with van der Waals surface area (Å²) in [4.78, 5) is 0. The first-order valence-corrected chi connectivity index (χ1v) is 6.21. The Morgan fingerprint density at radius 2 is 0.556 bits per heavy atom. The summed E-state index contributed by atoms with van der Waals surface area (Å²) in [6, 6.07) is 0. The molecular weight excluding hydrogens is 408 g/mol. The Hall–Kier alpha value is 1.71. The molecule has 0 aromatic rings. The fourth-order valence-corrected chi connectivity index (χ4v) is 0. The van der Waals surface area contributed by atoms with E-state index in [9.17, 15) is 0 Å². The summed E-state index contributed by atoms with van der Waals surface area (Å²) in [5.41, 5.74) is 0. The second-order valence-corrected chi connectivity index (χ2v) is 2.54. The normalized spacial score (nSPS) is 8.00. The van der Waals surface area contributed by atoms with E-state index in [0.29, 0.717) is 0 Å². The number of rotatable bonds is 0. The van der Waals surface area contributed by atoms with Crippen molar-refractivity contribution in [2.24, 2.45) is 0 Å². The molecule has 9 heteroatoms. The van der Waals surface area contributed by atoms with Gasteiger partial charge in [-0.1, -0.05) is 0 Å². The van der Waals surface area contributed by atoms with Crippen LogP contribution in [0.1, 0.15) is 0 Å². The monoisotopic (exact) mass is 408 g/mol. The minimum Gasteiger partial charge on any atom is -0.427 e. The van der Waals surface area contributed by atoms with Crippen molar-refractivity contribution >= 4 is 0 Å². The smallest absolute Gasteiger partial charge is 0.427 e. The minimum absolute atomic E-state index is 0. The van der Waals surface area contributed by atoms with Crippen LogP contribution < -0.4 is 62.7 Å². The van der Waals surface area contributed by atoms with E-state index in [0.717, 1.165) is 0 Å². The summed E-state index contributed by atoms with van der Waals surface area (Å²) in [6.45, 7) is 0. The summed E-state index contributed by atoms with van der Waals surface area (Å²) in [5, 5.41) is 0. The summed E-state index contributed by atoms with van der Waals surface area (Å²) >= 11 is -8.03. The zero-order chi connectivity index (χ0) is 7.15. The maximum atomic E-state index is 8.57. The summed E-state index contributed by atoms with van der Waals surface area (Å²) in [5.74, 6) is 0. The van der Waals surface area contributed by atoms with Crippen molar-refractivity contribution in [2.45, 2.75) is 0 Å². The fraction of sp³-hybridized carbons (Fsp3) is 0. The first-order valence-electron chi connectivity index (χ1n) is 0.926. The molecular formula is I2NiO6. The standard InChI is InChI=1S/2IO3.Ni/c2*2-1(3)4;/q2*-1;+2. The van der Waals surface area contributed by atoms with Gasteiger partial charge in [-0.15, -0.1) is 0 Å². The maximum Gasteiger partial charge on any atom is 2.00 e. The second kappa shape index (κ2) is 12.4. The van der Waals surface area contributed by atoms with Crippen molar-refractivity contribution in [3.63, 3.8) is 0 Å². The molecule has 9 heavy (non-hydrogen) atoms. The Kier molecular flexibility index (Phi) is 23.4. The summed E-state index contributed by atoms with van der Waals surface area (Å²) < 4.78 is 51.4. The molecule has 0 aliphatic heterocycles. The minimum atomic E-state index is -4.01. The summed E-state index contributed by atoms with van der Waals surface area (Å²) in [6.07, 6.45) is 0. The molecule has 0 spiro atoms. The maximum absolute atomic E-state index is 8.57. The van der Waals surface area contributed by atoms with E-state index in [1.165, 1.54) is 0 Å². The molecule has 0 rings (SSSR count). The molecule has 0 aliphatic carbocycles. The van der Waals surface area contributed by atoms with Crippen LogP contribution in [0.4, 0.5) is 0 Å². The molecule has 0 amide bonds. The third kappa shape index (κ3) is 197. The van der Waals surface area contributed by atoms with E-state index in [1.807, 2.05) is 0 Å². The summed E-state index contributed by atoms with van der Waals surface area (Å²) in [7, 11) is 0. The zero-order valence-electron chi connectivity index (χ0n) is 3.52. The molecule has 6 nitrogen and oxygen atoms in total. The van der Waals surface area contributed by atoms with Gasteiger partial charge in [0.1, 0.15) is 0 Å². The third-order valence-corrected chi connectivity index (χ3v) is 0. The molecule has 0 radical (unpaired) electrons. The number of hydrogen-bond acceptors (Lipinski definition) is 6. The third-order valence-electron chi connectivity index (χ3n) is 0. The van der Waals surface area contributed by atoms with Gasteiger partial charge in [0.15, 0.2) is 0 Å². The predicted molar refractivity (Wildman–Crippen MR) is 0 cm³/mol. The van der Waals surface area contributed by atoms with Crippen LogP contribution >= 0.6 is 0 Å². The van der Waals surface area contributed by atoms with E-state index < -0.39 is 42.1 Å². The fourth-order valence-electron chi connectivity index (χ4n) is 0. The Morgan fingerprint density at radius 3 is 0.556 bits per heavy atom. The molecule has 0 aliphatic rings. The molecule has 0 bridgehead atoms. The molecule has 0 unspecified atom stereocenters. The van der Waals surface area contributed by atoms with Crippen LogP contribution in [0, 0.1) is 0 Å². The van der Waals surface area contributed by atoms with Gasteiger partial charge in [0.2, 0.25) is 0 Å². The van der Waals surface area contributed by atoms with Gasteiger partial charge < -0.3 is 20.6 Å².